The predicted molar refractivity (Wildman–Crippen MR) is 80.8 cm³/mol. The molecule has 6 heteroatoms. The predicted octanol–water partition coefficient (Wildman–Crippen LogP) is 3.08. The molecule has 100 valence electrons. The highest BCUT2D eigenvalue weighted by Crippen LogP contribution is 2.21. The lowest BCUT2D eigenvalue weighted by molar-refractivity contribution is 0.622. The molecule has 2 rings (SSSR count). The van der Waals surface area contributed by atoms with Gasteiger partial charge in [-0.2, -0.15) is 5.10 Å². The van der Waals surface area contributed by atoms with E-state index in [9.17, 15) is 4.39 Å². The van der Waals surface area contributed by atoms with E-state index >= 15 is 0 Å². The van der Waals surface area contributed by atoms with Crippen LogP contribution in [0, 0.1) is 19.7 Å². The Labute approximate surface area is 124 Å². The van der Waals surface area contributed by atoms with Crippen LogP contribution in [0.25, 0.3) is 0 Å². The number of rotatable bonds is 3. The first kappa shape index (κ1) is 14.1. The number of aryl methyl sites for hydroxylation is 1. The van der Waals surface area contributed by atoms with Gasteiger partial charge in [-0.05, 0) is 47.5 Å². The van der Waals surface area contributed by atoms with Crippen molar-refractivity contribution in [3.8, 4) is 0 Å². The summed E-state index contributed by atoms with van der Waals surface area (Å²) < 4.78 is 16.1. The topological polar surface area (TPSA) is 43.8 Å². The van der Waals surface area contributed by atoms with E-state index < -0.39 is 0 Å². The summed E-state index contributed by atoms with van der Waals surface area (Å²) in [5.74, 6) is -0.346. The summed E-state index contributed by atoms with van der Waals surface area (Å²) in [6.07, 6.45) is 0. The maximum Gasteiger partial charge on any atom is 0.123 e. The van der Waals surface area contributed by atoms with Crippen LogP contribution in [0.2, 0.25) is 0 Å². The van der Waals surface area contributed by atoms with Gasteiger partial charge in [0, 0.05) is 5.56 Å². The smallest absolute Gasteiger partial charge is 0.123 e. The van der Waals surface area contributed by atoms with Crippen molar-refractivity contribution >= 4 is 33.1 Å². The van der Waals surface area contributed by atoms with Gasteiger partial charge in [-0.15, -0.1) is 0 Å². The highest BCUT2D eigenvalue weighted by molar-refractivity contribution is 9.10. The van der Waals surface area contributed by atoms with Crippen molar-refractivity contribution in [2.45, 2.75) is 20.4 Å². The van der Waals surface area contributed by atoms with E-state index in [0.29, 0.717) is 12.1 Å². The Bertz CT molecular complexity index is 652. The molecule has 1 aromatic carbocycles. The molecule has 0 radical (unpaired) electrons. The minimum atomic E-state index is -0.346. The summed E-state index contributed by atoms with van der Waals surface area (Å²) in [6.45, 7) is 4.39. The quantitative estimate of drug-likeness (QED) is 0.872. The number of hydrogen-bond donors (Lipinski definition) is 1. The molecule has 1 aromatic heterocycles. The first-order valence-electron chi connectivity index (χ1n) is 5.68. The Kier molecular flexibility index (Phi) is 4.01. The van der Waals surface area contributed by atoms with Crippen molar-refractivity contribution in [1.29, 1.82) is 0 Å². The number of thiocarbonyl (C=S) groups is 1. The molecule has 0 saturated heterocycles. The van der Waals surface area contributed by atoms with Crippen molar-refractivity contribution in [3.63, 3.8) is 0 Å². The minimum Gasteiger partial charge on any atom is -0.389 e. The number of hydrogen-bond acceptors (Lipinski definition) is 2. The van der Waals surface area contributed by atoms with Gasteiger partial charge in [-0.25, -0.2) is 4.39 Å². The van der Waals surface area contributed by atoms with Gasteiger partial charge in [0.05, 0.1) is 22.4 Å². The molecule has 2 aromatic rings. The molecule has 0 unspecified atom stereocenters. The van der Waals surface area contributed by atoms with Crippen LogP contribution < -0.4 is 5.73 Å². The first-order chi connectivity index (χ1) is 8.90. The molecule has 0 aliphatic carbocycles. The van der Waals surface area contributed by atoms with Gasteiger partial charge in [0.1, 0.15) is 10.8 Å². The Morgan fingerprint density at radius 2 is 2.16 bits per heavy atom. The van der Waals surface area contributed by atoms with Crippen LogP contribution in [0.5, 0.6) is 0 Å². The molecular formula is C13H13BrFN3S. The van der Waals surface area contributed by atoms with E-state index in [1.165, 1.54) is 12.1 Å². The molecule has 0 amide bonds. The third kappa shape index (κ3) is 2.84. The fraction of sp³-hybridized carbons (Fsp3) is 0.231. The average molecular weight is 342 g/mol. The second-order valence-corrected chi connectivity index (χ2v) is 5.54. The second-order valence-electron chi connectivity index (χ2n) is 4.31. The van der Waals surface area contributed by atoms with Crippen LogP contribution >= 0.6 is 28.1 Å². The van der Waals surface area contributed by atoms with Crippen LogP contribution in [-0.2, 0) is 6.54 Å². The molecule has 0 saturated carbocycles. The molecule has 19 heavy (non-hydrogen) atoms. The lowest BCUT2D eigenvalue weighted by Crippen LogP contribution is -2.15. The molecule has 0 aliphatic heterocycles. The maximum atomic E-state index is 13.2. The van der Waals surface area contributed by atoms with Gasteiger partial charge >= 0.3 is 0 Å². The van der Waals surface area contributed by atoms with Gasteiger partial charge in [-0.1, -0.05) is 18.3 Å². The van der Waals surface area contributed by atoms with E-state index in [2.05, 4.69) is 21.0 Å². The lowest BCUT2D eigenvalue weighted by Gasteiger charge is -2.10. The van der Waals surface area contributed by atoms with Gasteiger partial charge in [0.2, 0.25) is 0 Å². The number of benzene rings is 1. The van der Waals surface area contributed by atoms with Crippen LogP contribution in [0.3, 0.4) is 0 Å². The highest BCUT2D eigenvalue weighted by Gasteiger charge is 2.12. The Balaban J connectivity index is 2.43. The Hall–Kier alpha value is -1.27. The lowest BCUT2D eigenvalue weighted by atomic mass is 10.1. The van der Waals surface area contributed by atoms with Crippen molar-refractivity contribution in [2.75, 3.05) is 0 Å². The normalized spacial score (nSPS) is 10.7. The van der Waals surface area contributed by atoms with Crippen LogP contribution in [0.4, 0.5) is 4.39 Å². The number of nitrogens with two attached hydrogens (primary N) is 1. The zero-order valence-electron chi connectivity index (χ0n) is 10.6. The summed E-state index contributed by atoms with van der Waals surface area (Å²) in [4.78, 5) is 0.190. The molecule has 0 aliphatic rings. The largest absolute Gasteiger partial charge is 0.389 e. The van der Waals surface area contributed by atoms with E-state index in [4.69, 9.17) is 18.0 Å². The summed E-state index contributed by atoms with van der Waals surface area (Å²) >= 11 is 8.44. The van der Waals surface area contributed by atoms with Gasteiger partial charge in [0.25, 0.3) is 0 Å². The molecular weight excluding hydrogens is 329 g/mol. The summed E-state index contributed by atoms with van der Waals surface area (Å²) in [6, 6.07) is 4.45. The molecule has 0 fully saturated rings. The summed E-state index contributed by atoms with van der Waals surface area (Å²) in [7, 11) is 0. The molecule has 0 atom stereocenters. The van der Waals surface area contributed by atoms with E-state index in [0.717, 1.165) is 21.4 Å². The maximum absolute atomic E-state index is 13.2. The molecule has 2 N–H and O–H groups in total. The van der Waals surface area contributed by atoms with E-state index in [1.54, 1.807) is 6.07 Å². The third-order valence-electron chi connectivity index (χ3n) is 2.95. The fourth-order valence-electron chi connectivity index (χ4n) is 1.91. The SMILES string of the molecule is Cc1nn(Cc2ccc(F)cc2C(N)=S)c(C)c1Br. The monoisotopic (exact) mass is 341 g/mol. The third-order valence-corrected chi connectivity index (χ3v) is 4.32. The zero-order valence-corrected chi connectivity index (χ0v) is 13.0. The van der Waals surface area contributed by atoms with Gasteiger partial charge in [0.15, 0.2) is 0 Å². The molecule has 0 spiro atoms. The average Bonchev–Trinajstić information content (AvgIpc) is 2.59. The van der Waals surface area contributed by atoms with Gasteiger partial charge in [-0.3, -0.25) is 4.68 Å². The second kappa shape index (κ2) is 5.38. The van der Waals surface area contributed by atoms with Crippen molar-refractivity contribution < 1.29 is 4.39 Å². The Morgan fingerprint density at radius 3 is 2.68 bits per heavy atom. The Morgan fingerprint density at radius 1 is 1.47 bits per heavy atom. The molecule has 1 heterocycles. The number of aromatic nitrogens is 2. The van der Waals surface area contributed by atoms with Crippen LogP contribution in [0.15, 0.2) is 22.7 Å². The minimum absolute atomic E-state index is 0.190. The van der Waals surface area contributed by atoms with Crippen molar-refractivity contribution in [3.05, 3.63) is 51.0 Å². The van der Waals surface area contributed by atoms with Gasteiger partial charge < -0.3 is 5.73 Å². The van der Waals surface area contributed by atoms with Crippen LogP contribution in [-0.4, -0.2) is 14.8 Å². The molecule has 0 bridgehead atoms. The zero-order chi connectivity index (χ0) is 14.2. The van der Waals surface area contributed by atoms with Crippen molar-refractivity contribution in [1.82, 2.24) is 9.78 Å². The summed E-state index contributed by atoms with van der Waals surface area (Å²) in [5.41, 5.74) is 8.97. The molecule has 3 nitrogen and oxygen atoms in total. The van der Waals surface area contributed by atoms with E-state index in [1.807, 2.05) is 18.5 Å². The van der Waals surface area contributed by atoms with Crippen molar-refractivity contribution in [2.24, 2.45) is 5.73 Å². The first-order valence-corrected chi connectivity index (χ1v) is 6.88. The standard InChI is InChI=1S/C13H13BrFN3S/c1-7-12(14)8(2)18(17-7)6-9-3-4-10(15)5-11(9)13(16)19/h3-5H,6H2,1-2H3,(H2,16,19). The van der Waals surface area contributed by atoms with E-state index in [-0.39, 0.29) is 10.8 Å². The number of nitrogens with zero attached hydrogens (tertiary/aromatic N) is 2. The highest BCUT2D eigenvalue weighted by atomic mass is 79.9. The number of halogens is 2. The van der Waals surface area contributed by atoms with Crippen LogP contribution in [0.1, 0.15) is 22.5 Å². The fourth-order valence-corrected chi connectivity index (χ4v) is 2.38. The summed E-state index contributed by atoms with van der Waals surface area (Å²) in [5, 5.41) is 4.42.